The normalized spacial score (nSPS) is 11.8. The van der Waals surface area contributed by atoms with Gasteiger partial charge in [-0.1, -0.05) is 56.5 Å². The van der Waals surface area contributed by atoms with Gasteiger partial charge in [-0.05, 0) is 31.2 Å². The van der Waals surface area contributed by atoms with E-state index in [2.05, 4.69) is 52.8 Å². The Morgan fingerprint density at radius 1 is 1.00 bits per heavy atom. The Bertz CT molecular complexity index is 288. The van der Waals surface area contributed by atoms with E-state index >= 15 is 0 Å². The minimum absolute atomic E-state index is 0.325. The number of benzene rings is 1. The van der Waals surface area contributed by atoms with E-state index in [-0.39, 0.29) is 0 Å². The number of rotatable bonds is 3. The van der Waals surface area contributed by atoms with Gasteiger partial charge in [0.05, 0.1) is 0 Å². The van der Waals surface area contributed by atoms with Crippen LogP contribution in [0.1, 0.15) is 50.3 Å². The third-order valence-electron chi connectivity index (χ3n) is 2.88. The van der Waals surface area contributed by atoms with Gasteiger partial charge >= 0.3 is 0 Å². The highest BCUT2D eigenvalue weighted by Crippen LogP contribution is 2.29. The second-order valence-corrected chi connectivity index (χ2v) is 5.01. The minimum atomic E-state index is 0.325. The summed E-state index contributed by atoms with van der Waals surface area (Å²) in [5, 5.41) is 0. The van der Waals surface area contributed by atoms with Crippen molar-refractivity contribution < 1.29 is 0 Å². The van der Waals surface area contributed by atoms with Gasteiger partial charge in [-0.2, -0.15) is 0 Å². The van der Waals surface area contributed by atoms with Crippen molar-refractivity contribution in [1.29, 1.82) is 0 Å². The summed E-state index contributed by atoms with van der Waals surface area (Å²) in [7, 11) is 0. The van der Waals surface area contributed by atoms with Crippen LogP contribution in [-0.4, -0.2) is 0 Å². The fourth-order valence-electron chi connectivity index (χ4n) is 2.13. The van der Waals surface area contributed by atoms with Crippen molar-refractivity contribution in [2.45, 2.75) is 52.9 Å². The summed E-state index contributed by atoms with van der Waals surface area (Å²) >= 11 is 0. The molecule has 78 valence electrons. The van der Waals surface area contributed by atoms with Crippen molar-refractivity contribution in [1.82, 2.24) is 0 Å². The van der Waals surface area contributed by atoms with Gasteiger partial charge in [0, 0.05) is 0 Å². The van der Waals surface area contributed by atoms with Gasteiger partial charge in [-0.25, -0.2) is 0 Å². The van der Waals surface area contributed by atoms with Gasteiger partial charge in [-0.3, -0.25) is 0 Å². The molecule has 0 aromatic heterocycles. The third-order valence-corrected chi connectivity index (χ3v) is 2.88. The number of hydrogen-bond acceptors (Lipinski definition) is 0. The zero-order chi connectivity index (χ0) is 10.8. The van der Waals surface area contributed by atoms with Crippen molar-refractivity contribution in [3.05, 3.63) is 34.9 Å². The van der Waals surface area contributed by atoms with Crippen LogP contribution >= 0.6 is 0 Å². The quantitative estimate of drug-likeness (QED) is 0.663. The zero-order valence-corrected chi connectivity index (χ0v) is 10.1. The highest BCUT2D eigenvalue weighted by atomic mass is 14.2. The van der Waals surface area contributed by atoms with Crippen LogP contribution in [0.4, 0.5) is 0 Å². The van der Waals surface area contributed by atoms with Crippen LogP contribution in [0.5, 0.6) is 0 Å². The van der Waals surface area contributed by atoms with E-state index in [0.29, 0.717) is 5.41 Å². The van der Waals surface area contributed by atoms with Crippen LogP contribution in [0.15, 0.2) is 18.2 Å². The van der Waals surface area contributed by atoms with Gasteiger partial charge in [0.1, 0.15) is 0 Å². The summed E-state index contributed by atoms with van der Waals surface area (Å²) in [6, 6.07) is 6.89. The Hall–Kier alpha value is -0.780. The molecule has 0 nitrogen and oxygen atoms in total. The highest BCUT2D eigenvalue weighted by molar-refractivity contribution is 5.33. The van der Waals surface area contributed by atoms with E-state index < -0.39 is 0 Å². The molecule has 0 aliphatic rings. The molecule has 0 amide bonds. The van der Waals surface area contributed by atoms with E-state index in [0.717, 1.165) is 0 Å². The molecular weight excluding hydrogens is 168 g/mol. The maximum atomic E-state index is 2.34. The fourth-order valence-corrected chi connectivity index (χ4v) is 2.13. The molecule has 0 unspecified atom stereocenters. The summed E-state index contributed by atoms with van der Waals surface area (Å²) in [5.41, 5.74) is 4.57. The molecule has 0 saturated carbocycles. The number of aryl methyl sites for hydroxylation is 2. The highest BCUT2D eigenvalue weighted by Gasteiger charge is 2.19. The number of hydrogen-bond donors (Lipinski definition) is 0. The van der Waals surface area contributed by atoms with Crippen molar-refractivity contribution >= 4 is 0 Å². The Kier molecular flexibility index (Phi) is 3.36. The molecule has 0 bridgehead atoms. The predicted octanol–water partition coefficient (Wildman–Crippen LogP) is 4.38. The molecule has 0 radical (unpaired) electrons. The maximum Gasteiger partial charge on any atom is -0.0103 e. The third kappa shape index (κ3) is 2.60. The van der Waals surface area contributed by atoms with E-state index in [1.165, 1.54) is 29.5 Å². The van der Waals surface area contributed by atoms with Gasteiger partial charge in [0.15, 0.2) is 0 Å². The van der Waals surface area contributed by atoms with Crippen LogP contribution in [0.25, 0.3) is 0 Å². The van der Waals surface area contributed by atoms with Crippen LogP contribution < -0.4 is 0 Å². The lowest BCUT2D eigenvalue weighted by Crippen LogP contribution is -2.16. The second kappa shape index (κ2) is 4.16. The molecule has 1 aromatic carbocycles. The van der Waals surface area contributed by atoms with Gasteiger partial charge in [0.2, 0.25) is 0 Å². The molecule has 0 atom stereocenters. The van der Waals surface area contributed by atoms with E-state index in [4.69, 9.17) is 0 Å². The zero-order valence-electron chi connectivity index (χ0n) is 10.1. The first kappa shape index (κ1) is 11.3. The molecule has 0 fully saturated rings. The Morgan fingerprint density at radius 2 is 1.50 bits per heavy atom. The molecule has 0 spiro atoms. The lowest BCUT2D eigenvalue weighted by Gasteiger charge is -2.25. The molecule has 0 saturated heterocycles. The summed E-state index contributed by atoms with van der Waals surface area (Å²) in [4.78, 5) is 0. The van der Waals surface area contributed by atoms with Crippen molar-refractivity contribution in [2.75, 3.05) is 0 Å². The van der Waals surface area contributed by atoms with E-state index in [1.807, 2.05) is 0 Å². The Labute approximate surface area is 88.4 Å². The fraction of sp³-hybridized carbons (Fsp3) is 0.571. The molecule has 0 aliphatic heterocycles. The van der Waals surface area contributed by atoms with Crippen LogP contribution in [-0.2, 0) is 5.41 Å². The molecule has 0 N–H and O–H groups in total. The average molecular weight is 190 g/mol. The molecular formula is C14H22. The SMILES string of the molecule is CCCC(C)(C)c1cc(C)cc(C)c1. The molecule has 1 rings (SSSR count). The van der Waals surface area contributed by atoms with Gasteiger partial charge in [-0.15, -0.1) is 0 Å². The van der Waals surface area contributed by atoms with Crippen LogP contribution in [0.2, 0.25) is 0 Å². The summed E-state index contributed by atoms with van der Waals surface area (Å²) in [6.07, 6.45) is 2.51. The van der Waals surface area contributed by atoms with Crippen LogP contribution in [0.3, 0.4) is 0 Å². The van der Waals surface area contributed by atoms with Crippen molar-refractivity contribution in [3.63, 3.8) is 0 Å². The molecule has 0 aliphatic carbocycles. The van der Waals surface area contributed by atoms with E-state index in [9.17, 15) is 0 Å². The average Bonchev–Trinajstić information content (AvgIpc) is 2.02. The van der Waals surface area contributed by atoms with Gasteiger partial charge in [0.25, 0.3) is 0 Å². The summed E-state index contributed by atoms with van der Waals surface area (Å²) in [6.45, 7) is 11.3. The van der Waals surface area contributed by atoms with Crippen molar-refractivity contribution in [3.8, 4) is 0 Å². The smallest absolute Gasteiger partial charge is 0.0103 e. The standard InChI is InChI=1S/C14H22/c1-6-7-14(4,5)13-9-11(2)8-12(3)10-13/h8-10H,6-7H2,1-5H3. The Balaban J connectivity index is 3.05. The first-order valence-corrected chi connectivity index (χ1v) is 5.54. The monoisotopic (exact) mass is 190 g/mol. The largest absolute Gasteiger partial charge is 0.0654 e. The van der Waals surface area contributed by atoms with Crippen molar-refractivity contribution in [2.24, 2.45) is 0 Å². The maximum absolute atomic E-state index is 2.34. The minimum Gasteiger partial charge on any atom is -0.0654 e. The summed E-state index contributed by atoms with van der Waals surface area (Å²) in [5.74, 6) is 0. The molecule has 0 heterocycles. The topological polar surface area (TPSA) is 0 Å². The van der Waals surface area contributed by atoms with Gasteiger partial charge < -0.3 is 0 Å². The molecule has 14 heavy (non-hydrogen) atoms. The lowest BCUT2D eigenvalue weighted by molar-refractivity contribution is 0.472. The summed E-state index contributed by atoms with van der Waals surface area (Å²) < 4.78 is 0. The lowest BCUT2D eigenvalue weighted by atomic mass is 9.79. The first-order chi connectivity index (χ1) is 6.45. The van der Waals surface area contributed by atoms with Crippen LogP contribution in [0, 0.1) is 13.8 Å². The molecule has 1 aromatic rings. The van der Waals surface area contributed by atoms with E-state index in [1.54, 1.807) is 0 Å². The molecule has 0 heteroatoms. The first-order valence-electron chi connectivity index (χ1n) is 5.54. The predicted molar refractivity (Wildman–Crippen MR) is 63.9 cm³/mol. The Morgan fingerprint density at radius 3 is 1.93 bits per heavy atom. The second-order valence-electron chi connectivity index (χ2n) is 5.01.